The van der Waals surface area contributed by atoms with Crippen LogP contribution in [0.2, 0.25) is 0 Å². The minimum atomic E-state index is -2.59. The lowest BCUT2D eigenvalue weighted by molar-refractivity contribution is -0.103. The third-order valence-electron chi connectivity index (χ3n) is 8.48. The van der Waals surface area contributed by atoms with Crippen LogP contribution in [-0.4, -0.2) is 78.3 Å². The van der Waals surface area contributed by atoms with Crippen LogP contribution in [0.1, 0.15) is 50.4 Å². The first-order valence-electron chi connectivity index (χ1n) is 13.6. The summed E-state index contributed by atoms with van der Waals surface area (Å²) in [7, 11) is 0. The van der Waals surface area contributed by atoms with E-state index in [1.54, 1.807) is 6.20 Å². The average Bonchev–Trinajstić information content (AvgIpc) is 3.47. The minimum Gasteiger partial charge on any atom is -0.379 e. The molecule has 0 radical (unpaired) electrons. The summed E-state index contributed by atoms with van der Waals surface area (Å²) < 4.78 is 36.4. The number of anilines is 1. The number of alkyl halides is 2. The largest absolute Gasteiger partial charge is 0.379 e. The summed E-state index contributed by atoms with van der Waals surface area (Å²) in [6, 6.07) is 4.76. The van der Waals surface area contributed by atoms with E-state index in [9.17, 15) is 8.78 Å². The van der Waals surface area contributed by atoms with Gasteiger partial charge >= 0.3 is 0 Å². The number of morpholine rings is 1. The molecule has 0 unspecified atom stereocenters. The van der Waals surface area contributed by atoms with E-state index in [-0.39, 0.29) is 18.9 Å². The summed E-state index contributed by atoms with van der Waals surface area (Å²) in [6.07, 6.45) is 9.79. The SMILES string of the molecule is Cc1nc2ncc(-c3ccn4nc(N[C@H]5CC[C@H](N6CCOCC6)CC5)ncc34)cc2n1C1CC(F)(F)C1. The van der Waals surface area contributed by atoms with Crippen LogP contribution in [0.4, 0.5) is 14.7 Å². The van der Waals surface area contributed by atoms with Gasteiger partial charge in [0.05, 0.1) is 30.4 Å². The van der Waals surface area contributed by atoms with Crippen LogP contribution >= 0.6 is 0 Å². The Balaban J connectivity index is 1.08. The van der Waals surface area contributed by atoms with Crippen LogP contribution < -0.4 is 5.32 Å². The van der Waals surface area contributed by atoms with Crippen molar-refractivity contribution in [2.24, 2.45) is 0 Å². The number of fused-ring (bicyclic) bond motifs is 2. The van der Waals surface area contributed by atoms with E-state index in [0.29, 0.717) is 29.5 Å². The Kier molecular flexibility index (Phi) is 5.81. The summed E-state index contributed by atoms with van der Waals surface area (Å²) in [6.45, 7) is 5.62. The van der Waals surface area contributed by atoms with Gasteiger partial charge in [0.2, 0.25) is 5.95 Å². The van der Waals surface area contributed by atoms with Gasteiger partial charge in [0.1, 0.15) is 5.82 Å². The van der Waals surface area contributed by atoms with Gasteiger partial charge in [-0.15, -0.1) is 5.10 Å². The molecule has 0 aromatic carbocycles. The van der Waals surface area contributed by atoms with Crippen molar-refractivity contribution >= 4 is 22.6 Å². The van der Waals surface area contributed by atoms with Crippen molar-refractivity contribution < 1.29 is 13.5 Å². The first-order valence-corrected chi connectivity index (χ1v) is 13.6. The monoisotopic (exact) mass is 522 g/mol. The zero-order chi connectivity index (χ0) is 25.9. The highest BCUT2D eigenvalue weighted by Gasteiger charge is 2.47. The Morgan fingerprint density at radius 2 is 1.79 bits per heavy atom. The molecule has 0 bridgehead atoms. The molecule has 0 amide bonds. The van der Waals surface area contributed by atoms with Crippen LogP contribution in [-0.2, 0) is 4.74 Å². The molecule has 4 aromatic rings. The zero-order valence-electron chi connectivity index (χ0n) is 21.5. The quantitative estimate of drug-likeness (QED) is 0.414. The molecule has 1 N–H and O–H groups in total. The van der Waals surface area contributed by atoms with Gasteiger partial charge < -0.3 is 14.6 Å². The van der Waals surface area contributed by atoms with Gasteiger partial charge in [0, 0.05) is 67.6 Å². The molecule has 200 valence electrons. The molecule has 0 spiro atoms. The Hall–Kier alpha value is -3.18. The predicted molar refractivity (Wildman–Crippen MR) is 140 cm³/mol. The third-order valence-corrected chi connectivity index (χ3v) is 8.48. The fourth-order valence-corrected chi connectivity index (χ4v) is 6.43. The molecule has 1 aliphatic heterocycles. The van der Waals surface area contributed by atoms with Crippen LogP contribution in [0.15, 0.2) is 30.7 Å². The fraction of sp³-hybridized carbons (Fsp3) is 0.556. The van der Waals surface area contributed by atoms with Crippen molar-refractivity contribution in [3.8, 4) is 11.1 Å². The zero-order valence-corrected chi connectivity index (χ0v) is 21.5. The number of pyridine rings is 1. The highest BCUT2D eigenvalue weighted by molar-refractivity contribution is 5.85. The van der Waals surface area contributed by atoms with Crippen LogP contribution in [0.3, 0.4) is 0 Å². The lowest BCUT2D eigenvalue weighted by Gasteiger charge is -2.38. The maximum absolute atomic E-state index is 13.6. The van der Waals surface area contributed by atoms with Gasteiger partial charge in [0.15, 0.2) is 5.65 Å². The van der Waals surface area contributed by atoms with Gasteiger partial charge in [-0.25, -0.2) is 28.2 Å². The molecule has 3 fully saturated rings. The van der Waals surface area contributed by atoms with E-state index in [4.69, 9.17) is 9.84 Å². The highest BCUT2D eigenvalue weighted by Crippen LogP contribution is 2.47. The molecule has 4 aromatic heterocycles. The van der Waals surface area contributed by atoms with Gasteiger partial charge in [-0.1, -0.05) is 0 Å². The first-order chi connectivity index (χ1) is 18.4. The molecule has 5 heterocycles. The molecule has 0 atom stereocenters. The first kappa shape index (κ1) is 23.9. The molecule has 7 rings (SSSR count). The van der Waals surface area contributed by atoms with E-state index >= 15 is 0 Å². The van der Waals surface area contributed by atoms with Gasteiger partial charge in [-0.05, 0) is 44.7 Å². The molecule has 38 heavy (non-hydrogen) atoms. The second kappa shape index (κ2) is 9.23. The maximum Gasteiger partial charge on any atom is 0.252 e. The molecular formula is C27H32F2N8O. The van der Waals surface area contributed by atoms with Crippen molar-refractivity contribution in [2.75, 3.05) is 31.6 Å². The standard InChI is InChI=1S/C27H32F2N8O/c1-17-32-25-23(37(17)21-13-27(28,29)14-21)12-18(15-30-25)22-6-7-36-24(22)16-31-26(34-36)33-19-2-4-20(5-3-19)35-8-10-38-11-9-35/h6-7,12,15-16,19-21H,2-5,8-11,13-14H2,1H3,(H,33,34)/t19-,20-. The third kappa shape index (κ3) is 4.31. The Bertz CT molecular complexity index is 1460. The van der Waals surface area contributed by atoms with Gasteiger partial charge in [-0.2, -0.15) is 0 Å². The summed E-state index contributed by atoms with van der Waals surface area (Å²) in [5, 5.41) is 8.26. The normalized spacial score (nSPS) is 24.6. The lowest BCUT2D eigenvalue weighted by atomic mass is 9.87. The molecular weight excluding hydrogens is 490 g/mol. The van der Waals surface area contributed by atoms with Crippen molar-refractivity contribution in [3.63, 3.8) is 0 Å². The van der Waals surface area contributed by atoms with Gasteiger partial charge in [0.25, 0.3) is 5.92 Å². The number of rotatable bonds is 5. The Morgan fingerprint density at radius 3 is 2.55 bits per heavy atom. The molecule has 3 aliphatic rings. The average molecular weight is 523 g/mol. The fourth-order valence-electron chi connectivity index (χ4n) is 6.43. The number of imidazole rings is 1. The second-order valence-corrected chi connectivity index (χ2v) is 11.0. The van der Waals surface area contributed by atoms with Crippen molar-refractivity contribution in [1.82, 2.24) is 34.0 Å². The maximum atomic E-state index is 13.6. The Labute approximate surface area is 219 Å². The summed E-state index contributed by atoms with van der Waals surface area (Å²) in [5.74, 6) is -1.25. The Morgan fingerprint density at radius 1 is 1.00 bits per heavy atom. The number of hydrogen-bond donors (Lipinski definition) is 1. The van der Waals surface area contributed by atoms with E-state index in [1.165, 1.54) is 12.8 Å². The topological polar surface area (TPSA) is 85.4 Å². The van der Waals surface area contributed by atoms with E-state index in [1.807, 2.05) is 40.5 Å². The number of aromatic nitrogens is 6. The van der Waals surface area contributed by atoms with Crippen molar-refractivity contribution in [2.45, 2.75) is 69.5 Å². The molecule has 9 nitrogen and oxygen atoms in total. The van der Waals surface area contributed by atoms with Crippen molar-refractivity contribution in [3.05, 3.63) is 36.5 Å². The van der Waals surface area contributed by atoms with Crippen LogP contribution in [0, 0.1) is 6.92 Å². The van der Waals surface area contributed by atoms with Crippen LogP contribution in [0.25, 0.3) is 27.8 Å². The molecule has 1 saturated heterocycles. The van der Waals surface area contributed by atoms with Crippen molar-refractivity contribution in [1.29, 1.82) is 0 Å². The highest BCUT2D eigenvalue weighted by atomic mass is 19.3. The number of halogens is 2. The number of hydrogen-bond acceptors (Lipinski definition) is 7. The number of nitrogens with one attached hydrogen (secondary N) is 1. The second-order valence-electron chi connectivity index (χ2n) is 11.0. The molecule has 11 heteroatoms. The van der Waals surface area contributed by atoms with Gasteiger partial charge in [-0.3, -0.25) is 4.90 Å². The number of aryl methyl sites for hydroxylation is 1. The molecule has 2 aliphatic carbocycles. The number of ether oxygens (including phenoxy) is 1. The summed E-state index contributed by atoms with van der Waals surface area (Å²) in [5.41, 5.74) is 4.06. The smallest absolute Gasteiger partial charge is 0.252 e. The van der Waals surface area contributed by atoms with E-state index in [2.05, 4.69) is 25.2 Å². The summed E-state index contributed by atoms with van der Waals surface area (Å²) >= 11 is 0. The molecule has 2 saturated carbocycles. The van der Waals surface area contributed by atoms with E-state index < -0.39 is 5.92 Å². The summed E-state index contributed by atoms with van der Waals surface area (Å²) in [4.78, 5) is 16.3. The lowest BCUT2D eigenvalue weighted by Crippen LogP contribution is -2.46. The minimum absolute atomic E-state index is 0.156. The number of nitrogens with zero attached hydrogens (tertiary/aromatic N) is 7. The van der Waals surface area contributed by atoms with E-state index in [0.717, 1.165) is 61.3 Å². The van der Waals surface area contributed by atoms with Crippen LogP contribution in [0.5, 0.6) is 0 Å². The predicted octanol–water partition coefficient (Wildman–Crippen LogP) is 4.47.